The number of fused-ring (bicyclic) bond motifs is 1. The molecule has 2 saturated heterocycles. The van der Waals surface area contributed by atoms with Crippen molar-refractivity contribution in [1.29, 1.82) is 0 Å². The zero-order valence-corrected chi connectivity index (χ0v) is 15.2. The number of carbonyl (C=O) groups is 4. The molecule has 1 amide bonds. The molecule has 0 aliphatic carbocycles. The van der Waals surface area contributed by atoms with Crippen molar-refractivity contribution in [3.8, 4) is 0 Å². The van der Waals surface area contributed by atoms with Crippen LogP contribution < -0.4 is 0 Å². The largest absolute Gasteiger partial charge is 0.471 e. The SMILES string of the molecule is CC(=O)OC=CCC(C=O)=C1O[C@@H]2CC(=O)N2C1C(=O)OCc1ccccc1. The Morgan fingerprint density at radius 3 is 2.68 bits per heavy atom. The van der Waals surface area contributed by atoms with E-state index in [-0.39, 0.29) is 36.7 Å². The molecule has 2 fully saturated rings. The molecule has 0 spiro atoms. The third-order valence-electron chi connectivity index (χ3n) is 4.31. The highest BCUT2D eigenvalue weighted by molar-refractivity contribution is 5.93. The third-order valence-corrected chi connectivity index (χ3v) is 4.31. The Bertz CT molecular complexity index is 843. The van der Waals surface area contributed by atoms with E-state index >= 15 is 0 Å². The van der Waals surface area contributed by atoms with E-state index in [4.69, 9.17) is 9.47 Å². The summed E-state index contributed by atoms with van der Waals surface area (Å²) in [5, 5.41) is 0. The molecule has 1 unspecified atom stereocenters. The van der Waals surface area contributed by atoms with Gasteiger partial charge in [0.1, 0.15) is 18.7 Å². The summed E-state index contributed by atoms with van der Waals surface area (Å²) in [6, 6.07) is 8.01. The van der Waals surface area contributed by atoms with Crippen molar-refractivity contribution in [2.45, 2.75) is 38.6 Å². The number of carbonyl (C=O) groups excluding carboxylic acids is 4. The number of β-lactam (4-membered cyclic amide) rings is 1. The number of hydrogen-bond donors (Lipinski definition) is 0. The van der Waals surface area contributed by atoms with Gasteiger partial charge in [0, 0.05) is 18.9 Å². The Labute approximate surface area is 161 Å². The van der Waals surface area contributed by atoms with Crippen molar-refractivity contribution in [2.75, 3.05) is 0 Å². The van der Waals surface area contributed by atoms with Crippen molar-refractivity contribution in [3.05, 3.63) is 59.6 Å². The minimum absolute atomic E-state index is 0.0406. The van der Waals surface area contributed by atoms with Crippen LogP contribution in [-0.2, 0) is 40.0 Å². The molecular formula is C20H19NO7. The summed E-state index contributed by atoms with van der Waals surface area (Å²) in [4.78, 5) is 48.2. The highest BCUT2D eigenvalue weighted by Crippen LogP contribution is 2.38. The molecule has 2 aliphatic rings. The first kappa shape index (κ1) is 19.3. The molecule has 146 valence electrons. The van der Waals surface area contributed by atoms with Crippen LogP contribution in [0.2, 0.25) is 0 Å². The van der Waals surface area contributed by atoms with Crippen LogP contribution in [0.5, 0.6) is 0 Å². The number of esters is 2. The van der Waals surface area contributed by atoms with Crippen LogP contribution >= 0.6 is 0 Å². The topological polar surface area (TPSA) is 99.2 Å². The lowest BCUT2D eigenvalue weighted by atomic mass is 10.0. The van der Waals surface area contributed by atoms with Crippen LogP contribution in [0.25, 0.3) is 0 Å². The second-order valence-corrected chi connectivity index (χ2v) is 6.27. The summed E-state index contributed by atoms with van der Waals surface area (Å²) in [6.45, 7) is 1.29. The molecule has 0 radical (unpaired) electrons. The zero-order chi connectivity index (χ0) is 20.1. The maximum atomic E-state index is 12.7. The molecule has 1 aromatic carbocycles. The molecule has 28 heavy (non-hydrogen) atoms. The van der Waals surface area contributed by atoms with Gasteiger partial charge in [-0.15, -0.1) is 0 Å². The Balaban J connectivity index is 1.77. The predicted octanol–water partition coefficient (Wildman–Crippen LogP) is 1.61. The van der Waals surface area contributed by atoms with Gasteiger partial charge in [-0.25, -0.2) is 4.79 Å². The van der Waals surface area contributed by atoms with Crippen LogP contribution in [-0.4, -0.2) is 41.3 Å². The number of rotatable bonds is 7. The Morgan fingerprint density at radius 2 is 2.04 bits per heavy atom. The fraction of sp³-hybridized carbons (Fsp3) is 0.300. The van der Waals surface area contributed by atoms with Crippen molar-refractivity contribution in [2.24, 2.45) is 0 Å². The van der Waals surface area contributed by atoms with E-state index in [2.05, 4.69) is 4.74 Å². The van der Waals surface area contributed by atoms with Gasteiger partial charge in [0.25, 0.3) is 0 Å². The van der Waals surface area contributed by atoms with Gasteiger partial charge in [0.2, 0.25) is 5.91 Å². The fourth-order valence-corrected chi connectivity index (χ4v) is 2.95. The molecule has 1 aromatic rings. The highest BCUT2D eigenvalue weighted by atomic mass is 16.6. The monoisotopic (exact) mass is 385 g/mol. The first-order valence-corrected chi connectivity index (χ1v) is 8.70. The summed E-state index contributed by atoms with van der Waals surface area (Å²) < 4.78 is 15.7. The van der Waals surface area contributed by atoms with Crippen LogP contribution in [0.4, 0.5) is 0 Å². The van der Waals surface area contributed by atoms with E-state index < -0.39 is 24.2 Å². The van der Waals surface area contributed by atoms with Crippen molar-refractivity contribution >= 4 is 24.1 Å². The average molecular weight is 385 g/mol. The smallest absolute Gasteiger partial charge is 0.337 e. The summed E-state index contributed by atoms with van der Waals surface area (Å²) in [5.74, 6) is -1.32. The summed E-state index contributed by atoms with van der Waals surface area (Å²) in [7, 11) is 0. The quantitative estimate of drug-likeness (QED) is 0.231. The fourth-order valence-electron chi connectivity index (χ4n) is 2.95. The van der Waals surface area contributed by atoms with Gasteiger partial charge in [0.05, 0.1) is 12.7 Å². The highest BCUT2D eigenvalue weighted by Gasteiger charge is 2.55. The van der Waals surface area contributed by atoms with Gasteiger partial charge in [0.15, 0.2) is 12.3 Å². The predicted molar refractivity (Wildman–Crippen MR) is 95.0 cm³/mol. The molecule has 3 rings (SSSR count). The minimum Gasteiger partial charge on any atom is -0.471 e. The van der Waals surface area contributed by atoms with Crippen LogP contribution in [0, 0.1) is 0 Å². The van der Waals surface area contributed by atoms with Crippen LogP contribution in [0.1, 0.15) is 25.3 Å². The normalized spacial score (nSPS) is 22.2. The van der Waals surface area contributed by atoms with Gasteiger partial charge < -0.3 is 14.2 Å². The van der Waals surface area contributed by atoms with Gasteiger partial charge in [-0.05, 0) is 11.6 Å². The van der Waals surface area contributed by atoms with E-state index in [1.807, 2.05) is 30.3 Å². The van der Waals surface area contributed by atoms with E-state index in [1.165, 1.54) is 17.9 Å². The van der Waals surface area contributed by atoms with E-state index in [9.17, 15) is 19.2 Å². The Morgan fingerprint density at radius 1 is 1.29 bits per heavy atom. The standard InChI is InChI=1S/C20H19NO7/c1-13(23)26-9-5-8-15(11-22)19-18(21-16(24)10-17(21)28-19)20(25)27-12-14-6-3-2-4-7-14/h2-7,9,11,17-18H,8,10,12H2,1H3/t17-,18?/m1/s1. The van der Waals surface area contributed by atoms with Crippen molar-refractivity contribution < 1.29 is 33.4 Å². The number of amides is 1. The molecule has 0 saturated carbocycles. The first-order valence-electron chi connectivity index (χ1n) is 8.70. The Kier molecular flexibility index (Phi) is 5.88. The maximum Gasteiger partial charge on any atom is 0.337 e. The molecule has 2 atom stereocenters. The molecule has 0 N–H and O–H groups in total. The van der Waals surface area contributed by atoms with Crippen molar-refractivity contribution in [1.82, 2.24) is 4.90 Å². The second-order valence-electron chi connectivity index (χ2n) is 6.27. The molecule has 2 aliphatic heterocycles. The molecule has 2 heterocycles. The summed E-state index contributed by atoms with van der Waals surface area (Å²) in [6.07, 6.45) is 2.80. The lowest BCUT2D eigenvalue weighted by molar-refractivity contribution is -0.166. The van der Waals surface area contributed by atoms with Crippen LogP contribution in [0.3, 0.4) is 0 Å². The Hall–Kier alpha value is -3.42. The number of hydrogen-bond acceptors (Lipinski definition) is 7. The van der Waals surface area contributed by atoms with E-state index in [1.54, 1.807) is 0 Å². The second kappa shape index (κ2) is 8.51. The third kappa shape index (κ3) is 4.11. The molecular weight excluding hydrogens is 366 g/mol. The molecule has 8 heteroatoms. The van der Waals surface area contributed by atoms with Gasteiger partial charge >= 0.3 is 11.9 Å². The first-order chi connectivity index (χ1) is 13.5. The minimum atomic E-state index is -1.10. The maximum absolute atomic E-state index is 12.7. The number of nitrogens with zero attached hydrogens (tertiary/aromatic N) is 1. The van der Waals surface area contributed by atoms with Gasteiger partial charge in [-0.2, -0.15) is 0 Å². The van der Waals surface area contributed by atoms with Crippen molar-refractivity contribution in [3.63, 3.8) is 0 Å². The van der Waals surface area contributed by atoms with Gasteiger partial charge in [-0.1, -0.05) is 30.3 Å². The molecule has 8 nitrogen and oxygen atoms in total. The number of allylic oxidation sites excluding steroid dienone is 2. The number of aldehydes is 1. The average Bonchev–Trinajstić information content (AvgIpc) is 2.99. The summed E-state index contributed by atoms with van der Waals surface area (Å²) in [5.41, 5.74) is 0.971. The lowest BCUT2D eigenvalue weighted by Crippen LogP contribution is -2.55. The van der Waals surface area contributed by atoms with E-state index in [0.717, 1.165) is 11.8 Å². The lowest BCUT2D eigenvalue weighted by Gasteiger charge is -2.33. The number of benzene rings is 1. The number of ether oxygens (including phenoxy) is 3. The zero-order valence-electron chi connectivity index (χ0n) is 15.2. The van der Waals surface area contributed by atoms with Crippen LogP contribution in [0.15, 0.2) is 54.0 Å². The van der Waals surface area contributed by atoms with Gasteiger partial charge in [-0.3, -0.25) is 19.3 Å². The molecule has 0 aromatic heterocycles. The molecule has 0 bridgehead atoms. The summed E-state index contributed by atoms with van der Waals surface area (Å²) >= 11 is 0. The van der Waals surface area contributed by atoms with E-state index in [0.29, 0.717) is 6.29 Å².